The van der Waals surface area contributed by atoms with Gasteiger partial charge in [0.1, 0.15) is 6.29 Å². The minimum Gasteiger partial charge on any atom is -0.353 e. The summed E-state index contributed by atoms with van der Waals surface area (Å²) >= 11 is 0. The molecule has 0 bridgehead atoms. The Kier molecular flexibility index (Phi) is 6.28. The minimum absolute atomic E-state index is 0.0196. The average Bonchev–Trinajstić information content (AvgIpc) is 2.28. The van der Waals surface area contributed by atoms with Crippen LogP contribution in [0.25, 0.3) is 0 Å². The van der Waals surface area contributed by atoms with E-state index in [-0.39, 0.29) is 6.29 Å². The zero-order valence-corrected chi connectivity index (χ0v) is 9.41. The second-order valence-corrected chi connectivity index (χ2v) is 3.89. The van der Waals surface area contributed by atoms with Crippen molar-refractivity contribution in [2.45, 2.75) is 45.3 Å². The van der Waals surface area contributed by atoms with E-state index in [1.165, 1.54) is 12.0 Å². The Morgan fingerprint density at radius 2 is 2.40 bits per heavy atom. The van der Waals surface area contributed by atoms with Crippen LogP contribution >= 0.6 is 0 Å². The molecule has 0 N–H and O–H groups in total. The van der Waals surface area contributed by atoms with Crippen LogP contribution in [0.15, 0.2) is 11.6 Å². The van der Waals surface area contributed by atoms with Crippen LogP contribution in [0.2, 0.25) is 0 Å². The second kappa shape index (κ2) is 7.60. The van der Waals surface area contributed by atoms with Crippen molar-refractivity contribution in [2.24, 2.45) is 0 Å². The van der Waals surface area contributed by atoms with Crippen LogP contribution in [0.4, 0.5) is 0 Å². The molecule has 0 amide bonds. The number of ether oxygens (including phenoxy) is 2. The minimum atomic E-state index is -0.0196. The van der Waals surface area contributed by atoms with E-state index in [0.29, 0.717) is 13.0 Å². The molecule has 0 saturated carbocycles. The van der Waals surface area contributed by atoms with E-state index < -0.39 is 0 Å². The summed E-state index contributed by atoms with van der Waals surface area (Å²) in [6.07, 6.45) is 7.73. The zero-order valence-electron chi connectivity index (χ0n) is 9.41. The Hall–Kier alpha value is -0.670. The summed E-state index contributed by atoms with van der Waals surface area (Å²) in [7, 11) is 0. The molecular formula is C12H20O3. The van der Waals surface area contributed by atoms with Crippen molar-refractivity contribution >= 4 is 6.29 Å². The number of carbonyl (C=O) groups excluding carboxylic acids is 1. The van der Waals surface area contributed by atoms with Crippen molar-refractivity contribution in [2.75, 3.05) is 13.2 Å². The fourth-order valence-electron chi connectivity index (χ4n) is 1.53. The number of hydrogen-bond acceptors (Lipinski definition) is 3. The van der Waals surface area contributed by atoms with Crippen LogP contribution in [0, 0.1) is 0 Å². The molecule has 1 aliphatic heterocycles. The first-order valence-electron chi connectivity index (χ1n) is 5.65. The summed E-state index contributed by atoms with van der Waals surface area (Å²) in [6.45, 7) is 3.43. The predicted molar refractivity (Wildman–Crippen MR) is 58.6 cm³/mol. The first-order valence-corrected chi connectivity index (χ1v) is 5.65. The van der Waals surface area contributed by atoms with Gasteiger partial charge in [-0.1, -0.05) is 11.6 Å². The van der Waals surface area contributed by atoms with E-state index in [1.54, 1.807) is 0 Å². The van der Waals surface area contributed by atoms with Gasteiger partial charge in [0.25, 0.3) is 0 Å². The lowest BCUT2D eigenvalue weighted by atomic mass is 10.2. The lowest BCUT2D eigenvalue weighted by Gasteiger charge is -2.22. The molecule has 1 fully saturated rings. The second-order valence-electron chi connectivity index (χ2n) is 3.89. The van der Waals surface area contributed by atoms with Crippen LogP contribution in [-0.2, 0) is 14.3 Å². The summed E-state index contributed by atoms with van der Waals surface area (Å²) < 4.78 is 11.0. The monoisotopic (exact) mass is 212 g/mol. The Labute approximate surface area is 91.4 Å². The molecule has 0 aromatic rings. The number of hydrogen-bond donors (Lipinski definition) is 0. The molecule has 3 heteroatoms. The molecule has 1 aliphatic rings. The van der Waals surface area contributed by atoms with Crippen LogP contribution in [0.5, 0.6) is 0 Å². The summed E-state index contributed by atoms with van der Waals surface area (Å²) in [4.78, 5) is 10.2. The van der Waals surface area contributed by atoms with Gasteiger partial charge in [-0.15, -0.1) is 0 Å². The van der Waals surface area contributed by atoms with Gasteiger partial charge in [-0.05, 0) is 32.6 Å². The third kappa shape index (κ3) is 5.70. The third-order valence-corrected chi connectivity index (χ3v) is 2.51. The molecule has 1 rings (SSSR count). The number of allylic oxidation sites excluding steroid dienone is 1. The molecule has 1 atom stereocenters. The van der Waals surface area contributed by atoms with Crippen molar-refractivity contribution in [1.29, 1.82) is 0 Å². The van der Waals surface area contributed by atoms with E-state index in [9.17, 15) is 4.79 Å². The van der Waals surface area contributed by atoms with Gasteiger partial charge in [0.15, 0.2) is 6.29 Å². The average molecular weight is 212 g/mol. The fraction of sp³-hybridized carbons (Fsp3) is 0.750. The maximum Gasteiger partial charge on any atom is 0.157 e. The molecule has 0 spiro atoms. The van der Waals surface area contributed by atoms with Crippen molar-refractivity contribution in [1.82, 2.24) is 0 Å². The van der Waals surface area contributed by atoms with Crippen molar-refractivity contribution in [3.8, 4) is 0 Å². The van der Waals surface area contributed by atoms with Gasteiger partial charge < -0.3 is 14.3 Å². The van der Waals surface area contributed by atoms with Crippen LogP contribution < -0.4 is 0 Å². The highest BCUT2D eigenvalue weighted by molar-refractivity contribution is 5.49. The summed E-state index contributed by atoms with van der Waals surface area (Å²) in [5.74, 6) is 0. The largest absolute Gasteiger partial charge is 0.353 e. The maximum absolute atomic E-state index is 10.2. The predicted octanol–water partition coefficient (Wildman–Crippen LogP) is 2.46. The first-order chi connectivity index (χ1) is 7.33. The molecule has 1 unspecified atom stereocenters. The van der Waals surface area contributed by atoms with Gasteiger partial charge in [0.05, 0.1) is 6.61 Å². The first kappa shape index (κ1) is 12.4. The van der Waals surface area contributed by atoms with Crippen LogP contribution in [0.1, 0.15) is 39.0 Å². The molecule has 0 aromatic carbocycles. The fourth-order valence-corrected chi connectivity index (χ4v) is 1.53. The molecule has 86 valence electrons. The number of rotatable bonds is 6. The maximum atomic E-state index is 10.2. The standard InChI is InChI=1S/C12H20O3/c1-11(5-4-8-13)7-10-15-12-6-2-3-9-14-12/h7-8,12H,2-6,9-10H2,1H3/b11-7+. The molecule has 0 aromatic heterocycles. The highest BCUT2D eigenvalue weighted by Crippen LogP contribution is 2.13. The van der Waals surface area contributed by atoms with Gasteiger partial charge >= 0.3 is 0 Å². The molecular weight excluding hydrogens is 192 g/mol. The van der Waals surface area contributed by atoms with Crippen molar-refractivity contribution in [3.05, 3.63) is 11.6 Å². The van der Waals surface area contributed by atoms with E-state index in [4.69, 9.17) is 9.47 Å². The van der Waals surface area contributed by atoms with E-state index >= 15 is 0 Å². The lowest BCUT2D eigenvalue weighted by molar-refractivity contribution is -0.155. The van der Waals surface area contributed by atoms with Gasteiger partial charge in [-0.2, -0.15) is 0 Å². The smallest absolute Gasteiger partial charge is 0.157 e. The molecule has 15 heavy (non-hydrogen) atoms. The van der Waals surface area contributed by atoms with E-state index in [1.807, 2.05) is 13.0 Å². The molecule has 0 aliphatic carbocycles. The van der Waals surface area contributed by atoms with Gasteiger partial charge in [0, 0.05) is 13.0 Å². The topological polar surface area (TPSA) is 35.5 Å². The van der Waals surface area contributed by atoms with Crippen LogP contribution in [-0.4, -0.2) is 25.8 Å². The Bertz CT molecular complexity index is 205. The Morgan fingerprint density at radius 3 is 3.07 bits per heavy atom. The SMILES string of the molecule is C/C(=C\COC1CCCCO1)CCC=O. The summed E-state index contributed by atoms with van der Waals surface area (Å²) in [5.41, 5.74) is 1.21. The highest BCUT2D eigenvalue weighted by Gasteiger charge is 2.12. The molecule has 3 nitrogen and oxygen atoms in total. The highest BCUT2D eigenvalue weighted by atomic mass is 16.7. The lowest BCUT2D eigenvalue weighted by Crippen LogP contribution is -2.22. The van der Waals surface area contributed by atoms with Gasteiger partial charge in [0.2, 0.25) is 0 Å². The normalized spacial score (nSPS) is 22.7. The van der Waals surface area contributed by atoms with Crippen molar-refractivity contribution in [3.63, 3.8) is 0 Å². The molecule has 1 saturated heterocycles. The number of carbonyl (C=O) groups is 1. The van der Waals surface area contributed by atoms with E-state index in [0.717, 1.165) is 32.2 Å². The Balaban J connectivity index is 2.10. The van der Waals surface area contributed by atoms with Crippen LogP contribution in [0.3, 0.4) is 0 Å². The van der Waals surface area contributed by atoms with Crippen molar-refractivity contribution < 1.29 is 14.3 Å². The Morgan fingerprint density at radius 1 is 1.53 bits per heavy atom. The summed E-state index contributed by atoms with van der Waals surface area (Å²) in [5, 5.41) is 0. The molecule has 0 radical (unpaired) electrons. The molecule has 1 heterocycles. The third-order valence-electron chi connectivity index (χ3n) is 2.51. The number of aldehydes is 1. The summed E-state index contributed by atoms with van der Waals surface area (Å²) in [6, 6.07) is 0. The van der Waals surface area contributed by atoms with E-state index in [2.05, 4.69) is 0 Å². The quantitative estimate of drug-likeness (QED) is 0.501. The van der Waals surface area contributed by atoms with Gasteiger partial charge in [-0.25, -0.2) is 0 Å². The zero-order chi connectivity index (χ0) is 10.9. The van der Waals surface area contributed by atoms with Gasteiger partial charge in [-0.3, -0.25) is 0 Å².